The Kier molecular flexibility index (Phi) is 4.28. The Morgan fingerprint density at radius 3 is 2.50 bits per heavy atom. The van der Waals surface area contributed by atoms with Crippen molar-refractivity contribution in [3.8, 4) is 0 Å². The van der Waals surface area contributed by atoms with E-state index < -0.39 is 26.4 Å². The quantitative estimate of drug-likeness (QED) is 0.681. The summed E-state index contributed by atoms with van der Waals surface area (Å²) in [5, 5.41) is 3.84. The van der Waals surface area contributed by atoms with Gasteiger partial charge in [-0.2, -0.15) is 13.2 Å². The van der Waals surface area contributed by atoms with Crippen LogP contribution in [0.3, 0.4) is 0 Å². The first-order valence-corrected chi connectivity index (χ1v) is 9.90. The van der Waals surface area contributed by atoms with Crippen LogP contribution in [0.1, 0.15) is 46.2 Å². The molecule has 0 amide bonds. The van der Waals surface area contributed by atoms with Crippen LogP contribution in [-0.4, -0.2) is 19.8 Å². The number of rotatable bonds is 4. The molecule has 0 radical (unpaired) electrons. The fourth-order valence-corrected chi connectivity index (χ4v) is 3.64. The molecule has 0 aliphatic heterocycles. The zero-order valence-corrected chi connectivity index (χ0v) is 14.9. The van der Waals surface area contributed by atoms with Gasteiger partial charge in [-0.25, -0.2) is 8.42 Å². The average molecular weight is 424 g/mol. The molecule has 0 saturated heterocycles. The highest BCUT2D eigenvalue weighted by atomic mass is 79.9. The monoisotopic (exact) mass is 423 g/mol. The molecule has 1 saturated carbocycles. The molecule has 130 valence electrons. The highest BCUT2D eigenvalue weighted by molar-refractivity contribution is 9.09. The third-order valence-electron chi connectivity index (χ3n) is 3.82. The zero-order chi connectivity index (χ0) is 17.7. The Hall–Kier alpha value is -1.35. The normalized spacial score (nSPS) is 17.0. The molecule has 1 unspecified atom stereocenters. The van der Waals surface area contributed by atoms with E-state index in [4.69, 9.17) is 4.52 Å². The zero-order valence-electron chi connectivity index (χ0n) is 12.5. The smallest absolute Gasteiger partial charge is 0.361 e. The molecule has 1 atom stereocenters. The van der Waals surface area contributed by atoms with Crippen molar-refractivity contribution in [2.75, 3.05) is 6.26 Å². The molecule has 3 rings (SSSR count). The Labute approximate surface area is 145 Å². The summed E-state index contributed by atoms with van der Waals surface area (Å²) in [5.74, 6) is 0.955. The topological polar surface area (TPSA) is 60.2 Å². The third-order valence-corrected chi connectivity index (χ3v) is 5.89. The van der Waals surface area contributed by atoms with E-state index in [9.17, 15) is 21.6 Å². The van der Waals surface area contributed by atoms with Crippen molar-refractivity contribution in [1.82, 2.24) is 5.16 Å². The minimum Gasteiger partial charge on any atom is -0.361 e. The van der Waals surface area contributed by atoms with E-state index in [-0.39, 0.29) is 10.5 Å². The number of hydrogen-bond donors (Lipinski definition) is 0. The number of hydrogen-bond acceptors (Lipinski definition) is 4. The lowest BCUT2D eigenvalue weighted by atomic mass is 10.0. The van der Waals surface area contributed by atoms with Crippen LogP contribution in [0.15, 0.2) is 33.7 Å². The number of halogens is 4. The van der Waals surface area contributed by atoms with Crippen LogP contribution in [0.5, 0.6) is 0 Å². The molecule has 0 spiro atoms. The maximum atomic E-state index is 13.4. The summed E-state index contributed by atoms with van der Waals surface area (Å²) < 4.78 is 68.4. The molecule has 1 aliphatic rings. The van der Waals surface area contributed by atoms with Gasteiger partial charge >= 0.3 is 6.18 Å². The molecule has 9 heteroatoms. The van der Waals surface area contributed by atoms with E-state index in [2.05, 4.69) is 21.1 Å². The van der Waals surface area contributed by atoms with Gasteiger partial charge in [-0.05, 0) is 30.5 Å². The molecule has 1 aromatic carbocycles. The number of benzene rings is 1. The van der Waals surface area contributed by atoms with Gasteiger partial charge in [0, 0.05) is 18.2 Å². The first-order chi connectivity index (χ1) is 11.1. The molecule has 0 bridgehead atoms. The number of nitrogens with zero attached hydrogens (tertiary/aromatic N) is 1. The minimum atomic E-state index is -4.69. The average Bonchev–Trinajstić information content (AvgIpc) is 3.21. The highest BCUT2D eigenvalue weighted by Gasteiger charge is 2.37. The maximum absolute atomic E-state index is 13.4. The molecule has 0 N–H and O–H groups in total. The standard InChI is InChI=1S/C15H13BrF3NO3S/c1-24(21,22)9-4-5-10(11(6-9)15(17,18)19)14(16)12-7-13(23-20-12)8-2-3-8/h4-8,14H,2-3H2,1H3. The van der Waals surface area contributed by atoms with Crippen molar-refractivity contribution in [3.63, 3.8) is 0 Å². The summed E-state index contributed by atoms with van der Waals surface area (Å²) in [7, 11) is -3.74. The Bertz CT molecular complexity index is 872. The van der Waals surface area contributed by atoms with Gasteiger partial charge in [-0.15, -0.1) is 0 Å². The van der Waals surface area contributed by atoms with Crippen LogP contribution in [-0.2, 0) is 16.0 Å². The van der Waals surface area contributed by atoms with E-state index >= 15 is 0 Å². The molecule has 1 heterocycles. The first-order valence-electron chi connectivity index (χ1n) is 7.09. The van der Waals surface area contributed by atoms with Crippen LogP contribution < -0.4 is 0 Å². The van der Waals surface area contributed by atoms with Crippen LogP contribution >= 0.6 is 15.9 Å². The molecule has 1 aliphatic carbocycles. The van der Waals surface area contributed by atoms with E-state index in [1.807, 2.05) is 0 Å². The second kappa shape index (κ2) is 5.87. The van der Waals surface area contributed by atoms with Gasteiger partial charge in [-0.3, -0.25) is 0 Å². The summed E-state index contributed by atoms with van der Waals surface area (Å²) in [6, 6.07) is 4.61. The van der Waals surface area contributed by atoms with Crippen molar-refractivity contribution >= 4 is 25.8 Å². The van der Waals surface area contributed by atoms with Crippen molar-refractivity contribution < 1.29 is 26.1 Å². The van der Waals surface area contributed by atoms with Crippen molar-refractivity contribution in [2.24, 2.45) is 0 Å². The third kappa shape index (κ3) is 3.51. The van der Waals surface area contributed by atoms with E-state index in [0.29, 0.717) is 23.4 Å². The van der Waals surface area contributed by atoms with Gasteiger partial charge < -0.3 is 4.52 Å². The maximum Gasteiger partial charge on any atom is 0.416 e. The summed E-state index contributed by atoms with van der Waals surface area (Å²) >= 11 is 3.22. The van der Waals surface area contributed by atoms with Gasteiger partial charge in [-0.1, -0.05) is 27.2 Å². The summed E-state index contributed by atoms with van der Waals surface area (Å²) in [5.41, 5.74) is -0.789. The molecule has 24 heavy (non-hydrogen) atoms. The molecular formula is C15H13BrF3NO3S. The van der Waals surface area contributed by atoms with Gasteiger partial charge in [0.2, 0.25) is 0 Å². The summed E-state index contributed by atoms with van der Waals surface area (Å²) in [6.07, 6.45) is -1.85. The lowest BCUT2D eigenvalue weighted by molar-refractivity contribution is -0.138. The lowest BCUT2D eigenvalue weighted by Gasteiger charge is -2.16. The van der Waals surface area contributed by atoms with Crippen LogP contribution in [0.25, 0.3) is 0 Å². The minimum absolute atomic E-state index is 0.106. The molecule has 1 aromatic heterocycles. The van der Waals surface area contributed by atoms with Gasteiger partial charge in [0.15, 0.2) is 9.84 Å². The number of alkyl halides is 4. The van der Waals surface area contributed by atoms with Crippen molar-refractivity contribution in [3.05, 3.63) is 46.8 Å². The van der Waals surface area contributed by atoms with Gasteiger partial charge in [0.05, 0.1) is 15.3 Å². The number of sulfone groups is 1. The Balaban J connectivity index is 2.04. The predicted molar refractivity (Wildman–Crippen MR) is 83.8 cm³/mol. The fourth-order valence-electron chi connectivity index (χ4n) is 2.38. The molecule has 2 aromatic rings. The lowest BCUT2D eigenvalue weighted by Crippen LogP contribution is -2.12. The van der Waals surface area contributed by atoms with Gasteiger partial charge in [0.25, 0.3) is 0 Å². The van der Waals surface area contributed by atoms with Crippen LogP contribution in [0.2, 0.25) is 0 Å². The van der Waals surface area contributed by atoms with Crippen molar-refractivity contribution in [1.29, 1.82) is 0 Å². The highest BCUT2D eigenvalue weighted by Crippen LogP contribution is 2.44. The Morgan fingerprint density at radius 2 is 1.96 bits per heavy atom. The van der Waals surface area contributed by atoms with Gasteiger partial charge in [0.1, 0.15) is 11.5 Å². The summed E-state index contributed by atoms with van der Waals surface area (Å²) in [6.45, 7) is 0. The van der Waals surface area contributed by atoms with Crippen LogP contribution in [0.4, 0.5) is 13.2 Å². The first kappa shape index (κ1) is 17.5. The molecule has 4 nitrogen and oxygen atoms in total. The second-order valence-electron chi connectivity index (χ2n) is 5.81. The number of aromatic nitrogens is 1. The van der Waals surface area contributed by atoms with E-state index in [1.165, 1.54) is 0 Å². The van der Waals surface area contributed by atoms with Crippen molar-refractivity contribution in [2.45, 2.75) is 34.7 Å². The molecule has 1 fully saturated rings. The van der Waals surface area contributed by atoms with E-state index in [1.54, 1.807) is 6.07 Å². The SMILES string of the molecule is CS(=O)(=O)c1ccc(C(Br)c2cc(C3CC3)on2)c(C(F)(F)F)c1. The second-order valence-corrected chi connectivity index (χ2v) is 8.74. The fraction of sp³-hybridized carbons (Fsp3) is 0.400. The Morgan fingerprint density at radius 1 is 1.29 bits per heavy atom. The predicted octanol–water partition coefficient (Wildman–Crippen LogP) is 4.46. The largest absolute Gasteiger partial charge is 0.416 e. The molecular weight excluding hydrogens is 411 g/mol. The van der Waals surface area contributed by atoms with Crippen LogP contribution in [0, 0.1) is 0 Å². The van der Waals surface area contributed by atoms with E-state index in [0.717, 1.165) is 31.2 Å². The summed E-state index contributed by atoms with van der Waals surface area (Å²) in [4.78, 5) is -1.23.